The molecule has 1 heterocycles. The molecule has 0 aliphatic carbocycles. The van der Waals surface area contributed by atoms with E-state index < -0.39 is 0 Å². The van der Waals surface area contributed by atoms with E-state index in [-0.39, 0.29) is 18.1 Å². The Morgan fingerprint density at radius 3 is 2.62 bits per heavy atom. The molecule has 4 nitrogen and oxygen atoms in total. The number of carbonyl (C=O) groups excluding carboxylic acids is 1. The van der Waals surface area contributed by atoms with Crippen molar-refractivity contribution in [2.45, 2.75) is 38.5 Å². The van der Waals surface area contributed by atoms with Crippen molar-refractivity contribution >= 4 is 5.91 Å². The Morgan fingerprint density at radius 1 is 1.17 bits per heavy atom. The maximum Gasteiger partial charge on any atom is 0.249 e. The molecule has 0 spiro atoms. The number of rotatable bonds is 5. The lowest BCUT2D eigenvalue weighted by atomic mass is 10.0. The van der Waals surface area contributed by atoms with Crippen molar-refractivity contribution in [3.63, 3.8) is 0 Å². The molecule has 0 unspecified atom stereocenters. The maximum absolute atomic E-state index is 12.1. The molecule has 0 radical (unpaired) electrons. The molecule has 2 aromatic rings. The zero-order valence-corrected chi connectivity index (χ0v) is 14.0. The first kappa shape index (κ1) is 16.7. The van der Waals surface area contributed by atoms with Crippen molar-refractivity contribution in [2.24, 2.45) is 5.73 Å². The minimum atomic E-state index is -0.356. The van der Waals surface area contributed by atoms with Crippen LogP contribution in [-0.4, -0.2) is 24.7 Å². The number of nitrogens with one attached hydrogen (secondary N) is 1. The zero-order valence-electron chi connectivity index (χ0n) is 14.0. The zero-order chi connectivity index (χ0) is 16.9. The number of benzene rings is 2. The summed E-state index contributed by atoms with van der Waals surface area (Å²) in [7, 11) is 0. The summed E-state index contributed by atoms with van der Waals surface area (Å²) in [4.78, 5) is 12.1. The lowest BCUT2D eigenvalue weighted by molar-refractivity contribution is -0.132. The fraction of sp³-hybridized carbons (Fsp3) is 0.350. The van der Waals surface area contributed by atoms with Crippen LogP contribution in [0, 0.1) is 6.92 Å². The van der Waals surface area contributed by atoms with Crippen LogP contribution in [0.4, 0.5) is 0 Å². The molecular weight excluding hydrogens is 300 g/mol. The van der Waals surface area contributed by atoms with Gasteiger partial charge in [-0.3, -0.25) is 4.79 Å². The standard InChI is InChI=1S/C20H24N2O2/c1-14-3-2-4-17(11-14)16-7-5-15(6-8-16)13-22-20(23)19-10-9-18(12-21)24-19/h2-8,11,18-19H,9-10,12-13,21H2,1H3,(H,22,23)/t18-,19+/m1/s1. The predicted molar refractivity (Wildman–Crippen MR) is 95.4 cm³/mol. The van der Waals surface area contributed by atoms with Gasteiger partial charge in [0, 0.05) is 13.1 Å². The van der Waals surface area contributed by atoms with Crippen molar-refractivity contribution in [2.75, 3.05) is 6.54 Å². The maximum atomic E-state index is 12.1. The minimum Gasteiger partial charge on any atom is -0.364 e. The number of aryl methyl sites for hydroxylation is 1. The Labute approximate surface area is 143 Å². The number of hydrogen-bond acceptors (Lipinski definition) is 3. The van der Waals surface area contributed by atoms with Gasteiger partial charge in [-0.05, 0) is 36.5 Å². The van der Waals surface area contributed by atoms with E-state index in [4.69, 9.17) is 10.5 Å². The van der Waals surface area contributed by atoms with E-state index in [0.29, 0.717) is 13.1 Å². The van der Waals surface area contributed by atoms with E-state index >= 15 is 0 Å². The summed E-state index contributed by atoms with van der Waals surface area (Å²) >= 11 is 0. The average molecular weight is 324 g/mol. The van der Waals surface area contributed by atoms with Crippen LogP contribution in [0.2, 0.25) is 0 Å². The fourth-order valence-electron chi connectivity index (χ4n) is 3.01. The first-order valence-electron chi connectivity index (χ1n) is 8.45. The molecule has 0 saturated carbocycles. The van der Waals surface area contributed by atoms with Gasteiger partial charge in [-0.25, -0.2) is 0 Å². The minimum absolute atomic E-state index is 0.0226. The van der Waals surface area contributed by atoms with Gasteiger partial charge in [0.05, 0.1) is 6.10 Å². The lowest BCUT2D eigenvalue weighted by Crippen LogP contribution is -2.35. The van der Waals surface area contributed by atoms with Crippen molar-refractivity contribution in [3.8, 4) is 11.1 Å². The second-order valence-electron chi connectivity index (χ2n) is 6.34. The van der Waals surface area contributed by atoms with Gasteiger partial charge in [0.25, 0.3) is 0 Å². The van der Waals surface area contributed by atoms with Gasteiger partial charge >= 0.3 is 0 Å². The van der Waals surface area contributed by atoms with Gasteiger partial charge in [0.15, 0.2) is 0 Å². The van der Waals surface area contributed by atoms with Gasteiger partial charge in [-0.15, -0.1) is 0 Å². The highest BCUT2D eigenvalue weighted by atomic mass is 16.5. The highest BCUT2D eigenvalue weighted by molar-refractivity contribution is 5.81. The van der Waals surface area contributed by atoms with E-state index in [0.717, 1.165) is 18.4 Å². The van der Waals surface area contributed by atoms with Crippen molar-refractivity contribution in [1.82, 2.24) is 5.32 Å². The van der Waals surface area contributed by atoms with Gasteiger partial charge in [0.2, 0.25) is 5.91 Å². The fourth-order valence-corrected chi connectivity index (χ4v) is 3.01. The molecule has 3 N–H and O–H groups in total. The topological polar surface area (TPSA) is 64.4 Å². The molecular formula is C20H24N2O2. The third kappa shape index (κ3) is 4.02. The van der Waals surface area contributed by atoms with Gasteiger partial charge in [0.1, 0.15) is 6.10 Å². The third-order valence-electron chi connectivity index (χ3n) is 4.43. The monoisotopic (exact) mass is 324 g/mol. The van der Waals surface area contributed by atoms with Crippen LogP contribution >= 0.6 is 0 Å². The SMILES string of the molecule is Cc1cccc(-c2ccc(CNC(=O)[C@@H]3CC[C@H](CN)O3)cc2)c1. The van der Waals surface area contributed by atoms with Crippen molar-refractivity contribution in [3.05, 3.63) is 59.7 Å². The summed E-state index contributed by atoms with van der Waals surface area (Å²) in [6, 6.07) is 16.7. The number of ether oxygens (including phenoxy) is 1. The molecule has 3 rings (SSSR count). The summed E-state index contributed by atoms with van der Waals surface area (Å²) in [5.74, 6) is -0.0475. The number of amides is 1. The van der Waals surface area contributed by atoms with E-state index in [2.05, 4.69) is 60.8 Å². The first-order chi connectivity index (χ1) is 11.7. The molecule has 1 aliphatic heterocycles. The van der Waals surface area contributed by atoms with Crippen LogP contribution < -0.4 is 11.1 Å². The smallest absolute Gasteiger partial charge is 0.249 e. The molecule has 1 saturated heterocycles. The van der Waals surface area contributed by atoms with E-state index in [1.807, 2.05) is 0 Å². The molecule has 4 heteroatoms. The van der Waals surface area contributed by atoms with Crippen LogP contribution in [0.1, 0.15) is 24.0 Å². The van der Waals surface area contributed by atoms with Gasteiger partial charge in [-0.2, -0.15) is 0 Å². The quantitative estimate of drug-likeness (QED) is 0.889. The third-order valence-corrected chi connectivity index (χ3v) is 4.43. The van der Waals surface area contributed by atoms with Crippen LogP contribution in [0.25, 0.3) is 11.1 Å². The van der Waals surface area contributed by atoms with Crippen LogP contribution in [-0.2, 0) is 16.1 Å². The summed E-state index contributed by atoms with van der Waals surface area (Å²) < 4.78 is 5.61. The van der Waals surface area contributed by atoms with Crippen LogP contribution in [0.5, 0.6) is 0 Å². The second-order valence-corrected chi connectivity index (χ2v) is 6.34. The van der Waals surface area contributed by atoms with E-state index in [1.54, 1.807) is 0 Å². The molecule has 1 fully saturated rings. The van der Waals surface area contributed by atoms with E-state index in [9.17, 15) is 4.79 Å². The molecule has 0 bridgehead atoms. The van der Waals surface area contributed by atoms with Crippen molar-refractivity contribution < 1.29 is 9.53 Å². The highest BCUT2D eigenvalue weighted by Crippen LogP contribution is 2.21. The predicted octanol–water partition coefficient (Wildman–Crippen LogP) is 2.78. The molecule has 0 aromatic heterocycles. The molecule has 126 valence electrons. The highest BCUT2D eigenvalue weighted by Gasteiger charge is 2.29. The van der Waals surface area contributed by atoms with Crippen LogP contribution in [0.3, 0.4) is 0 Å². The van der Waals surface area contributed by atoms with Crippen LogP contribution in [0.15, 0.2) is 48.5 Å². The Hall–Kier alpha value is -2.17. The lowest BCUT2D eigenvalue weighted by Gasteiger charge is -2.13. The molecule has 24 heavy (non-hydrogen) atoms. The Kier molecular flexibility index (Phi) is 5.28. The number of carbonyl (C=O) groups is 1. The van der Waals surface area contributed by atoms with E-state index in [1.165, 1.54) is 16.7 Å². The molecule has 1 aliphatic rings. The Morgan fingerprint density at radius 2 is 1.96 bits per heavy atom. The number of hydrogen-bond donors (Lipinski definition) is 2. The van der Waals surface area contributed by atoms with Gasteiger partial charge in [-0.1, -0.05) is 54.1 Å². The average Bonchev–Trinajstić information content (AvgIpc) is 3.09. The Balaban J connectivity index is 1.56. The Bertz CT molecular complexity index is 697. The molecule has 2 atom stereocenters. The summed E-state index contributed by atoms with van der Waals surface area (Å²) in [5, 5.41) is 2.95. The largest absolute Gasteiger partial charge is 0.364 e. The van der Waals surface area contributed by atoms with Gasteiger partial charge < -0.3 is 15.8 Å². The summed E-state index contributed by atoms with van der Waals surface area (Å²) in [5.41, 5.74) is 10.3. The van der Waals surface area contributed by atoms with Crippen molar-refractivity contribution in [1.29, 1.82) is 0 Å². The second kappa shape index (κ2) is 7.60. The summed E-state index contributed by atoms with van der Waals surface area (Å²) in [6.07, 6.45) is 1.28. The normalized spacial score (nSPS) is 20.1. The number of nitrogens with two attached hydrogens (primary N) is 1. The molecule has 1 amide bonds. The molecule has 2 aromatic carbocycles. The first-order valence-corrected chi connectivity index (χ1v) is 8.45. The summed E-state index contributed by atoms with van der Waals surface area (Å²) in [6.45, 7) is 3.08.